The molecule has 0 bridgehead atoms. The van der Waals surface area contributed by atoms with Crippen molar-refractivity contribution in [2.24, 2.45) is 0 Å². The number of alkyl halides is 1. The number of benzene rings is 1. The molecule has 2 aromatic rings. The summed E-state index contributed by atoms with van der Waals surface area (Å²) in [6.07, 6.45) is 0.876. The Hall–Kier alpha value is -3.20. The van der Waals surface area contributed by atoms with E-state index in [0.717, 1.165) is 5.56 Å². The lowest BCUT2D eigenvalue weighted by molar-refractivity contribution is 0.0783. The molecule has 1 aliphatic carbocycles. The van der Waals surface area contributed by atoms with Crippen LogP contribution in [0.1, 0.15) is 39.1 Å². The largest absolute Gasteiger partial charge is 0.491 e. The first kappa shape index (κ1) is 21.5. The highest BCUT2D eigenvalue weighted by Crippen LogP contribution is 2.23. The van der Waals surface area contributed by atoms with Gasteiger partial charge in [-0.25, -0.2) is 4.39 Å². The van der Waals surface area contributed by atoms with Gasteiger partial charge in [0.15, 0.2) is 0 Å². The van der Waals surface area contributed by atoms with Gasteiger partial charge in [-0.05, 0) is 36.6 Å². The van der Waals surface area contributed by atoms with E-state index in [0.29, 0.717) is 5.75 Å². The highest BCUT2D eigenvalue weighted by Gasteiger charge is 2.30. The highest BCUT2D eigenvalue weighted by molar-refractivity contribution is 5.99. The molecule has 9 heteroatoms. The van der Waals surface area contributed by atoms with Crippen molar-refractivity contribution in [3.8, 4) is 5.75 Å². The number of amides is 2. The fourth-order valence-electron chi connectivity index (χ4n) is 3.16. The number of aromatic amines is 1. The minimum absolute atomic E-state index is 0.107. The fraction of sp³-hybridized carbons (Fsp3) is 0.381. The fourth-order valence-corrected chi connectivity index (χ4v) is 3.16. The Morgan fingerprint density at radius 2 is 2.10 bits per heavy atom. The summed E-state index contributed by atoms with van der Waals surface area (Å²) in [5.41, 5.74) is 0.149. The van der Waals surface area contributed by atoms with Crippen molar-refractivity contribution < 1.29 is 23.8 Å². The first-order valence-electron chi connectivity index (χ1n) is 9.63. The average Bonchev–Trinajstić information content (AvgIpc) is 2.71. The maximum absolute atomic E-state index is 12.9. The number of aliphatic hydroxyl groups excluding tert-OH is 1. The van der Waals surface area contributed by atoms with Gasteiger partial charge >= 0.3 is 0 Å². The van der Waals surface area contributed by atoms with Gasteiger partial charge in [0.05, 0.1) is 12.2 Å². The third-order valence-electron chi connectivity index (χ3n) is 4.84. The zero-order valence-corrected chi connectivity index (χ0v) is 16.6. The first-order valence-corrected chi connectivity index (χ1v) is 9.63. The molecule has 160 valence electrons. The number of halogens is 1. The van der Waals surface area contributed by atoms with Crippen molar-refractivity contribution in [2.75, 3.05) is 20.3 Å². The Labute approximate surface area is 172 Å². The summed E-state index contributed by atoms with van der Waals surface area (Å²) in [6, 6.07) is 8.06. The van der Waals surface area contributed by atoms with E-state index in [2.05, 4.69) is 10.3 Å². The molecule has 3 N–H and O–H groups in total. The predicted molar refractivity (Wildman–Crippen MR) is 107 cm³/mol. The van der Waals surface area contributed by atoms with Crippen LogP contribution in [0.2, 0.25) is 0 Å². The van der Waals surface area contributed by atoms with Crippen LogP contribution >= 0.6 is 0 Å². The molecule has 1 saturated carbocycles. The number of carbonyl (C=O) groups excluding carboxylic acids is 2. The molecule has 0 unspecified atom stereocenters. The quantitative estimate of drug-likeness (QED) is 0.599. The molecule has 0 atom stereocenters. The molecular formula is C21H24FN3O5. The average molecular weight is 417 g/mol. The third kappa shape index (κ3) is 5.24. The molecule has 0 radical (unpaired) electrons. The van der Waals surface area contributed by atoms with Gasteiger partial charge in [0, 0.05) is 25.8 Å². The van der Waals surface area contributed by atoms with Crippen LogP contribution in [0.25, 0.3) is 0 Å². The van der Waals surface area contributed by atoms with Gasteiger partial charge in [-0.2, -0.15) is 0 Å². The van der Waals surface area contributed by atoms with Gasteiger partial charge in [0.25, 0.3) is 17.4 Å². The molecule has 3 rings (SSSR count). The van der Waals surface area contributed by atoms with Crippen LogP contribution in [-0.4, -0.2) is 59.3 Å². The van der Waals surface area contributed by atoms with Crippen LogP contribution in [0.4, 0.5) is 4.39 Å². The molecule has 30 heavy (non-hydrogen) atoms. The number of ether oxygens (including phenoxy) is 1. The minimum Gasteiger partial charge on any atom is -0.491 e. The van der Waals surface area contributed by atoms with Gasteiger partial charge in [-0.1, -0.05) is 12.1 Å². The smallest absolute Gasteiger partial charge is 0.260 e. The normalized spacial score (nSPS) is 17.7. The molecule has 1 heterocycles. The summed E-state index contributed by atoms with van der Waals surface area (Å²) in [5, 5.41) is 11.5. The maximum Gasteiger partial charge on any atom is 0.260 e. The molecule has 0 spiro atoms. The maximum atomic E-state index is 12.9. The predicted octanol–water partition coefficient (Wildman–Crippen LogP) is 1.25. The number of rotatable bonds is 8. The van der Waals surface area contributed by atoms with Gasteiger partial charge in [0.1, 0.15) is 24.1 Å². The van der Waals surface area contributed by atoms with Crippen molar-refractivity contribution in [3.63, 3.8) is 0 Å². The second-order valence-corrected chi connectivity index (χ2v) is 7.25. The topological polar surface area (TPSA) is 112 Å². The Morgan fingerprint density at radius 3 is 2.80 bits per heavy atom. The Bertz CT molecular complexity index is 971. The number of hydrogen-bond acceptors (Lipinski definition) is 5. The number of nitrogens with one attached hydrogen (secondary N) is 2. The number of nitrogens with zero attached hydrogens (tertiary/aromatic N) is 1. The Morgan fingerprint density at radius 1 is 1.33 bits per heavy atom. The van der Waals surface area contributed by atoms with Crippen molar-refractivity contribution in [1.82, 2.24) is 15.2 Å². The van der Waals surface area contributed by atoms with Crippen LogP contribution in [-0.2, 0) is 6.54 Å². The van der Waals surface area contributed by atoms with Crippen LogP contribution in [0.5, 0.6) is 5.75 Å². The monoisotopic (exact) mass is 417 g/mol. The molecular weight excluding hydrogens is 393 g/mol. The standard InChI is InChI=1S/C21H24FN3O5/c1-25(12-13-3-2-4-17(7-13)30-6-5-26)21(29)18-8-14(11-23-20(18)28)19(27)24-16-9-15(22)10-16/h2-4,7-8,11,15-16,26H,5-6,9-10,12H2,1H3,(H,23,28)(H,24,27). The Kier molecular flexibility index (Phi) is 6.83. The molecule has 1 aromatic heterocycles. The minimum atomic E-state index is -0.899. The number of aromatic nitrogens is 1. The second-order valence-electron chi connectivity index (χ2n) is 7.25. The van der Waals surface area contributed by atoms with Crippen molar-refractivity contribution in [1.29, 1.82) is 0 Å². The van der Waals surface area contributed by atoms with E-state index in [-0.39, 0.29) is 49.8 Å². The van der Waals surface area contributed by atoms with Crippen molar-refractivity contribution >= 4 is 11.8 Å². The van der Waals surface area contributed by atoms with E-state index in [1.165, 1.54) is 17.2 Å². The summed E-state index contributed by atoms with van der Waals surface area (Å²) < 4.78 is 18.3. The van der Waals surface area contributed by atoms with E-state index in [9.17, 15) is 18.8 Å². The van der Waals surface area contributed by atoms with Crippen LogP contribution in [0.3, 0.4) is 0 Å². The zero-order valence-electron chi connectivity index (χ0n) is 16.6. The summed E-state index contributed by atoms with van der Waals surface area (Å²) in [4.78, 5) is 41.1. The number of carbonyl (C=O) groups is 2. The number of aliphatic hydroxyl groups is 1. The molecule has 0 saturated heterocycles. The van der Waals surface area contributed by atoms with E-state index in [1.807, 2.05) is 0 Å². The summed E-state index contributed by atoms with van der Waals surface area (Å²) in [5.74, 6) is -0.445. The molecule has 0 aliphatic heterocycles. The van der Waals surface area contributed by atoms with Gasteiger partial charge in [-0.15, -0.1) is 0 Å². The van der Waals surface area contributed by atoms with E-state index < -0.39 is 23.5 Å². The third-order valence-corrected chi connectivity index (χ3v) is 4.84. The van der Waals surface area contributed by atoms with Crippen LogP contribution in [0, 0.1) is 0 Å². The number of H-pyrrole nitrogens is 1. The van der Waals surface area contributed by atoms with Gasteiger partial charge < -0.3 is 25.0 Å². The molecule has 8 nitrogen and oxygen atoms in total. The first-order chi connectivity index (χ1) is 14.4. The van der Waals surface area contributed by atoms with E-state index in [1.54, 1.807) is 31.3 Å². The summed E-state index contributed by atoms with van der Waals surface area (Å²) in [7, 11) is 1.55. The summed E-state index contributed by atoms with van der Waals surface area (Å²) in [6.45, 7) is 0.269. The van der Waals surface area contributed by atoms with E-state index >= 15 is 0 Å². The number of hydrogen-bond donors (Lipinski definition) is 3. The molecule has 1 fully saturated rings. The van der Waals surface area contributed by atoms with Gasteiger partial charge in [-0.3, -0.25) is 14.4 Å². The molecule has 1 aliphatic rings. The van der Waals surface area contributed by atoms with Crippen LogP contribution in [0.15, 0.2) is 41.3 Å². The Balaban J connectivity index is 1.69. The highest BCUT2D eigenvalue weighted by atomic mass is 19.1. The lowest BCUT2D eigenvalue weighted by Gasteiger charge is -2.30. The molecule has 1 aromatic carbocycles. The SMILES string of the molecule is CN(Cc1cccc(OCCO)c1)C(=O)c1cc(C(=O)NC2CC(F)C2)c[nH]c1=O. The number of pyridine rings is 1. The summed E-state index contributed by atoms with van der Waals surface area (Å²) >= 11 is 0. The van der Waals surface area contributed by atoms with E-state index in [4.69, 9.17) is 9.84 Å². The van der Waals surface area contributed by atoms with Crippen LogP contribution < -0.4 is 15.6 Å². The lowest BCUT2D eigenvalue weighted by Crippen LogP contribution is -2.45. The van der Waals surface area contributed by atoms with Crippen molar-refractivity contribution in [3.05, 3.63) is 63.6 Å². The second kappa shape index (κ2) is 9.53. The zero-order chi connectivity index (χ0) is 21.7. The van der Waals surface area contributed by atoms with Crippen molar-refractivity contribution in [2.45, 2.75) is 31.6 Å². The lowest BCUT2D eigenvalue weighted by atomic mass is 9.90. The molecule has 2 amide bonds. The van der Waals surface area contributed by atoms with Gasteiger partial charge in [0.2, 0.25) is 0 Å².